The Hall–Kier alpha value is -3.85. The molecule has 3 rings (SSSR count). The van der Waals surface area contributed by atoms with E-state index in [9.17, 15) is 29.8 Å². The Labute approximate surface area is 190 Å². The number of Topliss-reactive ketones (excluding diaryl/α,β-unsaturated/α-hetero) is 1. The summed E-state index contributed by atoms with van der Waals surface area (Å²) in [4.78, 5) is 39.9. The van der Waals surface area contributed by atoms with Crippen LogP contribution < -0.4 is 10.2 Å². The number of phenols is 1. The van der Waals surface area contributed by atoms with Crippen molar-refractivity contribution in [3.05, 3.63) is 65.2 Å². The van der Waals surface area contributed by atoms with Gasteiger partial charge >= 0.3 is 0 Å². The van der Waals surface area contributed by atoms with Crippen molar-refractivity contribution in [3.8, 4) is 11.5 Å². The van der Waals surface area contributed by atoms with Gasteiger partial charge in [-0.05, 0) is 24.6 Å². The summed E-state index contributed by atoms with van der Waals surface area (Å²) in [7, 11) is 1.42. The second kappa shape index (κ2) is 10.2. The van der Waals surface area contributed by atoms with Crippen LogP contribution in [0.5, 0.6) is 11.5 Å². The molecule has 9 heteroatoms. The number of benzene rings is 2. The summed E-state index contributed by atoms with van der Waals surface area (Å²) in [5.74, 6) is -3.27. The monoisotopic (exact) mass is 454 g/mol. The number of ether oxygens (including phenoxy) is 1. The number of nitrogens with one attached hydrogen (secondary N) is 1. The zero-order valence-corrected chi connectivity index (χ0v) is 18.3. The average molecular weight is 454 g/mol. The summed E-state index contributed by atoms with van der Waals surface area (Å²) in [5, 5.41) is 31.0. The average Bonchev–Trinajstić information content (AvgIpc) is 3.09. The first-order valence-electron chi connectivity index (χ1n) is 10.5. The van der Waals surface area contributed by atoms with Gasteiger partial charge in [0.05, 0.1) is 18.7 Å². The third-order valence-corrected chi connectivity index (χ3v) is 5.64. The van der Waals surface area contributed by atoms with Gasteiger partial charge in [0.25, 0.3) is 17.6 Å². The van der Waals surface area contributed by atoms with Crippen molar-refractivity contribution in [1.82, 2.24) is 10.4 Å². The van der Waals surface area contributed by atoms with E-state index in [0.29, 0.717) is 24.2 Å². The van der Waals surface area contributed by atoms with Gasteiger partial charge in [-0.2, -0.15) is 0 Å². The number of aromatic hydroxyl groups is 1. The molecule has 1 fully saturated rings. The fourth-order valence-corrected chi connectivity index (χ4v) is 3.98. The maximum atomic E-state index is 13.2. The Bertz CT molecular complexity index is 1080. The number of aliphatic hydroxyl groups excluding tert-OH is 1. The smallest absolute Gasteiger partial charge is 0.296 e. The van der Waals surface area contributed by atoms with Crippen LogP contribution in [0.2, 0.25) is 0 Å². The number of aliphatic hydroxyl groups is 1. The van der Waals surface area contributed by atoms with Gasteiger partial charge in [0, 0.05) is 11.1 Å². The molecule has 0 aliphatic carbocycles. The van der Waals surface area contributed by atoms with Crippen molar-refractivity contribution in [3.63, 3.8) is 0 Å². The van der Waals surface area contributed by atoms with E-state index in [1.165, 1.54) is 25.3 Å². The highest BCUT2D eigenvalue weighted by molar-refractivity contribution is 6.47. The number of ketones is 1. The van der Waals surface area contributed by atoms with Crippen molar-refractivity contribution in [2.45, 2.75) is 38.3 Å². The molecule has 4 N–H and O–H groups in total. The maximum Gasteiger partial charge on any atom is 0.296 e. The molecule has 2 aromatic rings. The van der Waals surface area contributed by atoms with E-state index in [-0.39, 0.29) is 23.3 Å². The predicted octanol–water partition coefficient (Wildman–Crippen LogP) is 2.89. The number of carbonyl (C=O) groups is 3. The zero-order chi connectivity index (χ0) is 24.1. The lowest BCUT2D eigenvalue weighted by Crippen LogP contribution is -2.48. The van der Waals surface area contributed by atoms with Gasteiger partial charge in [0.15, 0.2) is 0 Å². The molecule has 2 amide bonds. The van der Waals surface area contributed by atoms with E-state index in [0.717, 1.165) is 4.90 Å². The molecule has 0 aromatic heterocycles. The molecule has 0 spiro atoms. The van der Waals surface area contributed by atoms with Gasteiger partial charge in [-0.3, -0.25) is 19.6 Å². The number of likely N-dealkylation sites (tertiary alicyclic amines) is 1. The third-order valence-electron chi connectivity index (χ3n) is 5.64. The van der Waals surface area contributed by atoms with Crippen LogP contribution in [0.25, 0.3) is 5.76 Å². The first-order chi connectivity index (χ1) is 15.8. The summed E-state index contributed by atoms with van der Waals surface area (Å²) in [5.41, 5.74) is 1.67. The molecule has 0 radical (unpaired) electrons. The molecule has 1 saturated heterocycles. The largest absolute Gasteiger partial charge is 0.508 e. The lowest BCUT2D eigenvalue weighted by molar-refractivity contribution is -0.147. The summed E-state index contributed by atoms with van der Waals surface area (Å²) in [6.07, 6.45) is 1.37. The van der Waals surface area contributed by atoms with E-state index in [4.69, 9.17) is 4.74 Å². The number of phenolic OH excluding ortho intramolecular Hbond substituents is 1. The van der Waals surface area contributed by atoms with Crippen LogP contribution in [-0.4, -0.2) is 51.1 Å². The van der Waals surface area contributed by atoms with Crippen molar-refractivity contribution < 1.29 is 34.5 Å². The molecule has 1 heterocycles. The fraction of sp³-hybridized carbons (Fsp3) is 0.292. The summed E-state index contributed by atoms with van der Waals surface area (Å²) in [6, 6.07) is 9.95. The van der Waals surface area contributed by atoms with Crippen LogP contribution in [0, 0.1) is 0 Å². The SMILES string of the molecule is CCCCC(C(=O)NO)N1C(=O)C(=O)/C(=C(/O)c2ccccc2)C1c1cc(OC)ccc1O. The Morgan fingerprint density at radius 1 is 1.18 bits per heavy atom. The van der Waals surface area contributed by atoms with Crippen LogP contribution in [-0.2, 0) is 14.4 Å². The van der Waals surface area contributed by atoms with Crippen molar-refractivity contribution in [1.29, 1.82) is 0 Å². The van der Waals surface area contributed by atoms with Gasteiger partial charge in [-0.25, -0.2) is 5.48 Å². The highest BCUT2D eigenvalue weighted by Crippen LogP contribution is 2.45. The molecule has 0 saturated carbocycles. The predicted molar refractivity (Wildman–Crippen MR) is 118 cm³/mol. The van der Waals surface area contributed by atoms with E-state index >= 15 is 0 Å². The molecule has 9 nitrogen and oxygen atoms in total. The molecule has 1 aliphatic heterocycles. The molecule has 1 aliphatic rings. The molecular formula is C24H26N2O7. The summed E-state index contributed by atoms with van der Waals surface area (Å²) in [6.45, 7) is 1.89. The first kappa shape index (κ1) is 23.8. The molecule has 0 bridgehead atoms. The van der Waals surface area contributed by atoms with Crippen molar-refractivity contribution in [2.75, 3.05) is 7.11 Å². The minimum Gasteiger partial charge on any atom is -0.508 e. The van der Waals surface area contributed by atoms with Gasteiger partial charge in [-0.1, -0.05) is 50.1 Å². The highest BCUT2D eigenvalue weighted by Gasteiger charge is 2.51. The number of rotatable bonds is 8. The van der Waals surface area contributed by atoms with Gasteiger partial charge in [0.2, 0.25) is 0 Å². The van der Waals surface area contributed by atoms with Gasteiger partial charge in [0.1, 0.15) is 23.3 Å². The molecule has 2 unspecified atom stereocenters. The Morgan fingerprint density at radius 3 is 2.48 bits per heavy atom. The summed E-state index contributed by atoms with van der Waals surface area (Å²) >= 11 is 0. The normalized spacial score (nSPS) is 18.3. The molecular weight excluding hydrogens is 428 g/mol. The zero-order valence-electron chi connectivity index (χ0n) is 18.3. The topological polar surface area (TPSA) is 136 Å². The first-order valence-corrected chi connectivity index (χ1v) is 10.5. The number of carbonyl (C=O) groups excluding carboxylic acids is 3. The van der Waals surface area contributed by atoms with Crippen LogP contribution in [0.1, 0.15) is 43.4 Å². The van der Waals surface area contributed by atoms with Crippen LogP contribution in [0.4, 0.5) is 0 Å². The van der Waals surface area contributed by atoms with Crippen molar-refractivity contribution >= 4 is 23.4 Å². The second-order valence-electron chi connectivity index (χ2n) is 7.63. The van der Waals surface area contributed by atoms with E-state index in [2.05, 4.69) is 0 Å². The van der Waals surface area contributed by atoms with Crippen LogP contribution >= 0.6 is 0 Å². The molecule has 174 valence electrons. The quantitative estimate of drug-likeness (QED) is 0.158. The number of hydrogen-bond acceptors (Lipinski definition) is 7. The lowest BCUT2D eigenvalue weighted by atomic mass is 9.93. The van der Waals surface area contributed by atoms with Crippen LogP contribution in [0.15, 0.2) is 54.1 Å². The lowest BCUT2D eigenvalue weighted by Gasteiger charge is -2.32. The minimum atomic E-state index is -1.29. The molecule has 33 heavy (non-hydrogen) atoms. The van der Waals surface area contributed by atoms with E-state index in [1.807, 2.05) is 6.92 Å². The Balaban J connectivity index is 2.29. The number of hydroxylamine groups is 1. The number of methoxy groups -OCH3 is 1. The maximum absolute atomic E-state index is 13.2. The van der Waals surface area contributed by atoms with Crippen LogP contribution in [0.3, 0.4) is 0 Å². The number of hydrogen-bond donors (Lipinski definition) is 4. The third kappa shape index (κ3) is 4.54. The van der Waals surface area contributed by atoms with Crippen molar-refractivity contribution in [2.24, 2.45) is 0 Å². The van der Waals surface area contributed by atoms with Gasteiger partial charge < -0.3 is 19.8 Å². The summed E-state index contributed by atoms with van der Waals surface area (Å²) < 4.78 is 5.24. The highest BCUT2D eigenvalue weighted by atomic mass is 16.5. The number of amides is 2. The standard InChI is InChI=1S/C24H26N2O7/c1-3-4-10-17(23(30)25-32)26-20(16-13-15(33-2)11-12-18(16)27)19(22(29)24(26)31)21(28)14-8-6-5-7-9-14/h5-9,11-13,17,20,27-28,32H,3-4,10H2,1-2H3,(H,25,30)/b21-19+. The molecule has 2 aromatic carbocycles. The Kier molecular flexibility index (Phi) is 7.34. The second-order valence-corrected chi connectivity index (χ2v) is 7.63. The fourth-order valence-electron chi connectivity index (χ4n) is 3.98. The number of unbranched alkanes of at least 4 members (excludes halogenated alkanes) is 1. The number of nitrogens with zero attached hydrogens (tertiary/aromatic N) is 1. The van der Waals surface area contributed by atoms with E-state index in [1.54, 1.807) is 35.8 Å². The molecule has 2 atom stereocenters. The Morgan fingerprint density at radius 2 is 1.88 bits per heavy atom. The minimum absolute atomic E-state index is 0.0956. The van der Waals surface area contributed by atoms with Gasteiger partial charge in [-0.15, -0.1) is 0 Å². The van der Waals surface area contributed by atoms with E-state index < -0.39 is 35.4 Å².